The molecule has 1 aliphatic rings. The number of esters is 1. The lowest BCUT2D eigenvalue weighted by atomic mass is 9.76. The third kappa shape index (κ3) is 4.25. The molecular weight excluding hydrogens is 380 g/mol. The number of carbonyl (C=O) groups is 1. The van der Waals surface area contributed by atoms with E-state index in [1.165, 1.54) is 5.56 Å². The number of carbonyl (C=O) groups excluding carboxylic acids is 1. The molecule has 1 heterocycles. The van der Waals surface area contributed by atoms with Crippen molar-refractivity contribution in [1.29, 1.82) is 0 Å². The largest absolute Gasteiger partial charge is 0.508 e. The van der Waals surface area contributed by atoms with Gasteiger partial charge in [0.2, 0.25) is 0 Å². The van der Waals surface area contributed by atoms with E-state index in [4.69, 9.17) is 14.2 Å². The van der Waals surface area contributed by atoms with Crippen LogP contribution in [0.25, 0.3) is 0 Å². The number of rotatable bonds is 6. The van der Waals surface area contributed by atoms with E-state index in [0.717, 1.165) is 16.9 Å². The van der Waals surface area contributed by atoms with E-state index in [1.807, 2.05) is 48.5 Å². The number of fused-ring (bicyclic) bond motifs is 1. The van der Waals surface area contributed by atoms with Crippen molar-refractivity contribution < 1.29 is 24.1 Å². The fourth-order valence-electron chi connectivity index (χ4n) is 3.92. The Hall–Kier alpha value is -3.47. The number of ether oxygens (including phenoxy) is 3. The molecule has 0 aromatic heterocycles. The fraction of sp³-hybridized carbons (Fsp3) is 0.240. The standard InChI is InChI=1S/C25H24O5/c1-2-28-24(27)16-29-20-11-8-18(9-12-20)25-21-14-19(26)10-13-23(21)30-15-22(25)17-6-4-3-5-7-17/h3-14,22,25-26H,2,15-16H2,1H3/t22-,25-/m1/s1. The third-order valence-electron chi connectivity index (χ3n) is 5.28. The highest BCUT2D eigenvalue weighted by Gasteiger charge is 2.33. The molecule has 1 aliphatic heterocycles. The summed E-state index contributed by atoms with van der Waals surface area (Å²) in [6.07, 6.45) is 0. The second-order valence-corrected chi connectivity index (χ2v) is 7.19. The Labute approximate surface area is 175 Å². The number of phenols is 1. The van der Waals surface area contributed by atoms with Crippen LogP contribution in [0.1, 0.15) is 35.4 Å². The molecule has 0 fully saturated rings. The third-order valence-corrected chi connectivity index (χ3v) is 5.28. The molecule has 4 rings (SSSR count). The monoisotopic (exact) mass is 404 g/mol. The molecule has 1 N–H and O–H groups in total. The predicted octanol–water partition coefficient (Wildman–Crippen LogP) is 4.64. The summed E-state index contributed by atoms with van der Waals surface area (Å²) in [6, 6.07) is 23.2. The van der Waals surface area contributed by atoms with Crippen molar-refractivity contribution in [2.45, 2.75) is 18.8 Å². The van der Waals surface area contributed by atoms with Crippen molar-refractivity contribution in [1.82, 2.24) is 0 Å². The molecule has 5 heteroatoms. The Bertz CT molecular complexity index is 998. The van der Waals surface area contributed by atoms with Crippen LogP contribution >= 0.6 is 0 Å². The molecule has 2 atom stereocenters. The van der Waals surface area contributed by atoms with Gasteiger partial charge in [-0.05, 0) is 48.4 Å². The highest BCUT2D eigenvalue weighted by Crippen LogP contribution is 2.47. The number of phenolic OH excluding ortho intramolecular Hbond substituents is 1. The molecule has 0 aliphatic carbocycles. The van der Waals surface area contributed by atoms with Gasteiger partial charge in [-0.15, -0.1) is 0 Å². The Morgan fingerprint density at radius 3 is 2.53 bits per heavy atom. The molecular formula is C25H24O5. The summed E-state index contributed by atoms with van der Waals surface area (Å²) in [7, 11) is 0. The molecule has 0 bridgehead atoms. The second kappa shape index (κ2) is 8.91. The average molecular weight is 404 g/mol. The van der Waals surface area contributed by atoms with Crippen LogP contribution in [-0.4, -0.2) is 30.9 Å². The van der Waals surface area contributed by atoms with E-state index in [0.29, 0.717) is 19.0 Å². The van der Waals surface area contributed by atoms with Crippen LogP contribution in [0, 0.1) is 0 Å². The molecule has 0 unspecified atom stereocenters. The zero-order valence-electron chi connectivity index (χ0n) is 16.8. The second-order valence-electron chi connectivity index (χ2n) is 7.19. The minimum Gasteiger partial charge on any atom is -0.508 e. The Morgan fingerprint density at radius 2 is 1.80 bits per heavy atom. The summed E-state index contributed by atoms with van der Waals surface area (Å²) in [5, 5.41) is 10.1. The topological polar surface area (TPSA) is 65.0 Å². The van der Waals surface area contributed by atoms with Gasteiger partial charge in [0.05, 0.1) is 13.2 Å². The smallest absolute Gasteiger partial charge is 0.344 e. The minimum atomic E-state index is -0.389. The van der Waals surface area contributed by atoms with E-state index in [2.05, 4.69) is 12.1 Å². The summed E-state index contributed by atoms with van der Waals surface area (Å²) < 4.78 is 16.4. The Morgan fingerprint density at radius 1 is 1.03 bits per heavy atom. The van der Waals surface area contributed by atoms with Crippen LogP contribution in [0.15, 0.2) is 72.8 Å². The Balaban J connectivity index is 1.65. The Kier molecular flexibility index (Phi) is 5.89. The first-order chi connectivity index (χ1) is 14.7. The maximum absolute atomic E-state index is 11.5. The van der Waals surface area contributed by atoms with Crippen molar-refractivity contribution in [3.8, 4) is 17.2 Å². The quantitative estimate of drug-likeness (QED) is 0.606. The predicted molar refractivity (Wildman–Crippen MR) is 113 cm³/mol. The van der Waals surface area contributed by atoms with Crippen molar-refractivity contribution in [3.63, 3.8) is 0 Å². The average Bonchev–Trinajstić information content (AvgIpc) is 2.78. The lowest BCUT2D eigenvalue weighted by Crippen LogP contribution is -2.25. The van der Waals surface area contributed by atoms with Crippen molar-refractivity contribution in [3.05, 3.63) is 89.5 Å². The fourth-order valence-corrected chi connectivity index (χ4v) is 3.92. The van der Waals surface area contributed by atoms with Crippen molar-refractivity contribution >= 4 is 5.97 Å². The number of hydrogen-bond donors (Lipinski definition) is 1. The van der Waals surface area contributed by atoms with E-state index >= 15 is 0 Å². The zero-order valence-corrected chi connectivity index (χ0v) is 16.8. The lowest BCUT2D eigenvalue weighted by molar-refractivity contribution is -0.145. The van der Waals surface area contributed by atoms with Gasteiger partial charge in [0, 0.05) is 17.4 Å². The SMILES string of the molecule is CCOC(=O)COc1ccc([C@@H]2c3cc(O)ccc3OC[C@@H]2c2ccccc2)cc1. The van der Waals surface area contributed by atoms with Crippen LogP contribution in [0.2, 0.25) is 0 Å². The summed E-state index contributed by atoms with van der Waals surface area (Å²) in [5.74, 6) is 1.33. The van der Waals surface area contributed by atoms with Crippen LogP contribution in [0.4, 0.5) is 0 Å². The first-order valence-corrected chi connectivity index (χ1v) is 10.0. The molecule has 0 spiro atoms. The molecule has 30 heavy (non-hydrogen) atoms. The number of benzene rings is 3. The summed E-state index contributed by atoms with van der Waals surface area (Å²) in [6.45, 7) is 2.53. The van der Waals surface area contributed by atoms with Gasteiger partial charge in [-0.3, -0.25) is 0 Å². The van der Waals surface area contributed by atoms with Crippen LogP contribution in [0.5, 0.6) is 17.2 Å². The van der Waals surface area contributed by atoms with Gasteiger partial charge in [0.1, 0.15) is 17.2 Å². The minimum absolute atomic E-state index is 0.0161. The van der Waals surface area contributed by atoms with Gasteiger partial charge >= 0.3 is 5.97 Å². The normalized spacial score (nSPS) is 17.5. The first kappa shape index (κ1) is 19.8. The summed E-state index contributed by atoms with van der Waals surface area (Å²) >= 11 is 0. The molecule has 0 amide bonds. The maximum Gasteiger partial charge on any atom is 0.344 e. The van der Waals surface area contributed by atoms with Gasteiger partial charge in [0.15, 0.2) is 6.61 Å². The summed E-state index contributed by atoms with van der Waals surface area (Å²) in [4.78, 5) is 11.5. The molecule has 0 saturated carbocycles. The highest BCUT2D eigenvalue weighted by atomic mass is 16.6. The lowest BCUT2D eigenvalue weighted by Gasteiger charge is -2.34. The number of hydrogen-bond acceptors (Lipinski definition) is 5. The molecule has 3 aromatic carbocycles. The van der Waals surface area contributed by atoms with Gasteiger partial charge in [-0.1, -0.05) is 42.5 Å². The van der Waals surface area contributed by atoms with Gasteiger partial charge in [0.25, 0.3) is 0 Å². The zero-order chi connectivity index (χ0) is 20.9. The molecule has 5 nitrogen and oxygen atoms in total. The molecule has 0 saturated heterocycles. The van der Waals surface area contributed by atoms with E-state index < -0.39 is 0 Å². The molecule has 3 aromatic rings. The first-order valence-electron chi connectivity index (χ1n) is 10.0. The van der Waals surface area contributed by atoms with E-state index in [9.17, 15) is 9.90 Å². The van der Waals surface area contributed by atoms with Gasteiger partial charge < -0.3 is 19.3 Å². The maximum atomic E-state index is 11.5. The highest BCUT2D eigenvalue weighted by molar-refractivity contribution is 5.71. The van der Waals surface area contributed by atoms with Crippen molar-refractivity contribution in [2.24, 2.45) is 0 Å². The van der Waals surface area contributed by atoms with Crippen LogP contribution in [0.3, 0.4) is 0 Å². The van der Waals surface area contributed by atoms with Crippen LogP contribution < -0.4 is 9.47 Å². The van der Waals surface area contributed by atoms with Gasteiger partial charge in [-0.2, -0.15) is 0 Å². The summed E-state index contributed by atoms with van der Waals surface area (Å²) in [5.41, 5.74) is 3.22. The number of aromatic hydroxyl groups is 1. The van der Waals surface area contributed by atoms with E-state index in [-0.39, 0.29) is 30.2 Å². The van der Waals surface area contributed by atoms with Crippen molar-refractivity contribution in [2.75, 3.05) is 19.8 Å². The van der Waals surface area contributed by atoms with E-state index in [1.54, 1.807) is 19.1 Å². The molecule has 154 valence electrons. The van der Waals surface area contributed by atoms with Crippen LogP contribution in [-0.2, 0) is 9.53 Å². The molecule has 0 radical (unpaired) electrons. The van der Waals surface area contributed by atoms with Gasteiger partial charge in [-0.25, -0.2) is 4.79 Å².